The number of benzene rings is 1. The highest BCUT2D eigenvalue weighted by Gasteiger charge is 2.39. The summed E-state index contributed by atoms with van der Waals surface area (Å²) in [6.45, 7) is 9.26. The van der Waals surface area contributed by atoms with Gasteiger partial charge in [0.2, 0.25) is 0 Å². The lowest BCUT2D eigenvalue weighted by Gasteiger charge is -2.19. The average molecular weight is 560 g/mol. The van der Waals surface area contributed by atoms with E-state index in [2.05, 4.69) is 88.6 Å². The van der Waals surface area contributed by atoms with Gasteiger partial charge in [-0.1, -0.05) is 28.1 Å². The Balaban J connectivity index is 0.00000280. The van der Waals surface area contributed by atoms with E-state index in [1.165, 1.54) is 16.8 Å². The van der Waals surface area contributed by atoms with Crippen molar-refractivity contribution in [3.05, 3.63) is 51.3 Å². The Labute approximate surface area is 193 Å². The van der Waals surface area contributed by atoms with Crippen molar-refractivity contribution in [2.45, 2.75) is 58.5 Å². The Bertz CT molecular complexity index is 815. The van der Waals surface area contributed by atoms with Gasteiger partial charge in [0.05, 0.1) is 5.69 Å². The first kappa shape index (κ1) is 23.2. The van der Waals surface area contributed by atoms with Crippen molar-refractivity contribution in [1.29, 1.82) is 0 Å². The molecule has 1 aromatic carbocycles. The number of hydrogen-bond acceptors (Lipinski definition) is 2. The van der Waals surface area contributed by atoms with Crippen molar-refractivity contribution >= 4 is 45.9 Å². The van der Waals surface area contributed by atoms with Crippen LogP contribution in [-0.2, 0) is 13.5 Å². The van der Waals surface area contributed by atoms with Gasteiger partial charge in [0.15, 0.2) is 5.96 Å². The fourth-order valence-corrected chi connectivity index (χ4v) is 3.87. The topological polar surface area (TPSA) is 54.2 Å². The molecule has 3 atom stereocenters. The van der Waals surface area contributed by atoms with E-state index in [0.717, 1.165) is 35.5 Å². The number of nitrogens with zero attached hydrogens (tertiary/aromatic N) is 3. The molecule has 0 aliphatic heterocycles. The standard InChI is InChI=1S/C21H30BrN5.HI/c1-6-23-21(24-13(2)11-18-14(3)26-27(5)15(18)4)25-20-12-19(20)16-7-9-17(22)10-8-16;/h7-10,13,19-20H,6,11-12H2,1-5H3,(H2,23,24,25);1H. The summed E-state index contributed by atoms with van der Waals surface area (Å²) < 4.78 is 3.09. The summed E-state index contributed by atoms with van der Waals surface area (Å²) in [5.74, 6) is 1.48. The van der Waals surface area contributed by atoms with Crippen LogP contribution >= 0.6 is 39.9 Å². The fraction of sp³-hybridized carbons (Fsp3) is 0.524. The summed E-state index contributed by atoms with van der Waals surface area (Å²) in [6, 6.07) is 9.39. The number of rotatable bonds is 6. The molecule has 154 valence electrons. The van der Waals surface area contributed by atoms with Crippen LogP contribution in [0.1, 0.15) is 48.7 Å². The molecular weight excluding hydrogens is 529 g/mol. The van der Waals surface area contributed by atoms with Crippen LogP contribution in [0.15, 0.2) is 33.7 Å². The van der Waals surface area contributed by atoms with Crippen LogP contribution in [0, 0.1) is 13.8 Å². The molecule has 0 spiro atoms. The molecule has 0 radical (unpaired) electrons. The van der Waals surface area contributed by atoms with E-state index < -0.39 is 0 Å². The maximum Gasteiger partial charge on any atom is 0.191 e. The molecule has 3 rings (SSSR count). The van der Waals surface area contributed by atoms with Crippen molar-refractivity contribution in [2.75, 3.05) is 6.54 Å². The van der Waals surface area contributed by atoms with Crippen LogP contribution in [0.4, 0.5) is 0 Å². The van der Waals surface area contributed by atoms with E-state index in [1.54, 1.807) is 0 Å². The third-order valence-corrected chi connectivity index (χ3v) is 5.81. The first-order valence-corrected chi connectivity index (χ1v) is 10.5. The van der Waals surface area contributed by atoms with E-state index in [9.17, 15) is 0 Å². The quantitative estimate of drug-likeness (QED) is 0.312. The third-order valence-electron chi connectivity index (χ3n) is 5.28. The second-order valence-corrected chi connectivity index (χ2v) is 8.41. The first-order valence-electron chi connectivity index (χ1n) is 9.71. The first-order chi connectivity index (χ1) is 12.9. The van der Waals surface area contributed by atoms with E-state index in [1.807, 2.05) is 11.7 Å². The van der Waals surface area contributed by atoms with Crippen molar-refractivity contribution in [3.63, 3.8) is 0 Å². The summed E-state index contributed by atoms with van der Waals surface area (Å²) in [5.41, 5.74) is 5.07. The molecule has 7 heteroatoms. The highest BCUT2D eigenvalue weighted by molar-refractivity contribution is 14.0. The number of guanidine groups is 1. The molecule has 2 aromatic rings. The molecule has 0 bridgehead atoms. The molecule has 0 amide bonds. The molecule has 1 fully saturated rings. The van der Waals surface area contributed by atoms with E-state index in [-0.39, 0.29) is 30.0 Å². The Kier molecular flexibility index (Phi) is 8.36. The number of aryl methyl sites for hydroxylation is 2. The molecule has 1 saturated carbocycles. The van der Waals surface area contributed by atoms with Crippen LogP contribution in [0.5, 0.6) is 0 Å². The Morgan fingerprint density at radius 1 is 1.32 bits per heavy atom. The number of aromatic nitrogens is 2. The van der Waals surface area contributed by atoms with Gasteiger partial charge in [0, 0.05) is 41.8 Å². The maximum absolute atomic E-state index is 4.64. The molecule has 1 aliphatic rings. The summed E-state index contributed by atoms with van der Waals surface area (Å²) in [7, 11) is 2.00. The molecular formula is C21H31BrIN5. The molecule has 0 saturated heterocycles. The minimum atomic E-state index is 0. The van der Waals surface area contributed by atoms with E-state index in [0.29, 0.717) is 12.0 Å². The van der Waals surface area contributed by atoms with E-state index >= 15 is 0 Å². The summed E-state index contributed by atoms with van der Waals surface area (Å²) >= 11 is 3.51. The second-order valence-electron chi connectivity index (χ2n) is 7.49. The van der Waals surface area contributed by atoms with Crippen LogP contribution in [0.3, 0.4) is 0 Å². The zero-order chi connectivity index (χ0) is 19.6. The van der Waals surface area contributed by atoms with Crippen molar-refractivity contribution in [2.24, 2.45) is 12.0 Å². The average Bonchev–Trinajstić information content (AvgIpc) is 3.33. The molecule has 1 aliphatic carbocycles. The highest BCUT2D eigenvalue weighted by atomic mass is 127. The van der Waals surface area contributed by atoms with Crippen LogP contribution in [0.25, 0.3) is 0 Å². The van der Waals surface area contributed by atoms with E-state index in [4.69, 9.17) is 0 Å². The molecule has 5 nitrogen and oxygen atoms in total. The summed E-state index contributed by atoms with van der Waals surface area (Å²) in [4.78, 5) is 4.64. The molecule has 3 unspecified atom stereocenters. The van der Waals surface area contributed by atoms with Crippen molar-refractivity contribution in [3.8, 4) is 0 Å². The minimum Gasteiger partial charge on any atom is -0.354 e. The molecule has 1 heterocycles. The predicted molar refractivity (Wildman–Crippen MR) is 131 cm³/mol. The zero-order valence-corrected chi connectivity index (χ0v) is 21.2. The van der Waals surface area contributed by atoms with Crippen LogP contribution in [0.2, 0.25) is 0 Å². The predicted octanol–water partition coefficient (Wildman–Crippen LogP) is 4.46. The fourth-order valence-electron chi connectivity index (χ4n) is 3.60. The largest absolute Gasteiger partial charge is 0.354 e. The second kappa shape index (κ2) is 10.1. The lowest BCUT2D eigenvalue weighted by molar-refractivity contribution is 0.632. The van der Waals surface area contributed by atoms with Gasteiger partial charge in [-0.2, -0.15) is 5.10 Å². The Hall–Kier alpha value is -1.09. The van der Waals surface area contributed by atoms with Gasteiger partial charge in [0.25, 0.3) is 0 Å². The Morgan fingerprint density at radius 2 is 2.00 bits per heavy atom. The van der Waals surface area contributed by atoms with Gasteiger partial charge in [-0.3, -0.25) is 9.67 Å². The van der Waals surface area contributed by atoms with Gasteiger partial charge in [-0.05, 0) is 63.8 Å². The highest BCUT2D eigenvalue weighted by Crippen LogP contribution is 2.41. The number of nitrogens with one attached hydrogen (secondary N) is 2. The number of hydrogen-bond donors (Lipinski definition) is 2. The van der Waals surface area contributed by atoms with Gasteiger partial charge in [-0.15, -0.1) is 24.0 Å². The van der Waals surface area contributed by atoms with Gasteiger partial charge >= 0.3 is 0 Å². The zero-order valence-electron chi connectivity index (χ0n) is 17.3. The molecule has 28 heavy (non-hydrogen) atoms. The lowest BCUT2D eigenvalue weighted by Crippen LogP contribution is -2.44. The normalized spacial score (nSPS) is 19.7. The SMILES string of the molecule is CCN=C(NC(C)Cc1c(C)nn(C)c1C)NC1CC1c1ccc(Br)cc1.I. The third kappa shape index (κ3) is 5.72. The van der Waals surface area contributed by atoms with Crippen molar-refractivity contribution in [1.82, 2.24) is 20.4 Å². The monoisotopic (exact) mass is 559 g/mol. The van der Waals surface area contributed by atoms with Crippen LogP contribution in [-0.4, -0.2) is 34.4 Å². The summed E-state index contributed by atoms with van der Waals surface area (Å²) in [5, 5.41) is 11.7. The van der Waals surface area contributed by atoms with Gasteiger partial charge in [-0.25, -0.2) is 0 Å². The minimum absolute atomic E-state index is 0. The number of aliphatic imine (C=N–C) groups is 1. The van der Waals surface area contributed by atoms with Gasteiger partial charge < -0.3 is 10.6 Å². The van der Waals surface area contributed by atoms with Gasteiger partial charge in [0.1, 0.15) is 0 Å². The molecule has 1 aromatic heterocycles. The van der Waals surface area contributed by atoms with Crippen LogP contribution < -0.4 is 10.6 Å². The lowest BCUT2D eigenvalue weighted by atomic mass is 10.1. The Morgan fingerprint density at radius 3 is 2.57 bits per heavy atom. The van der Waals surface area contributed by atoms with Crippen molar-refractivity contribution < 1.29 is 0 Å². The smallest absolute Gasteiger partial charge is 0.191 e. The number of halogens is 2. The summed E-state index contributed by atoms with van der Waals surface area (Å²) in [6.07, 6.45) is 2.10. The molecule has 2 N–H and O–H groups in total. The maximum atomic E-state index is 4.64.